The van der Waals surface area contributed by atoms with E-state index >= 15 is 0 Å². The molecule has 86 valence electrons. The van der Waals surface area contributed by atoms with Gasteiger partial charge in [-0.25, -0.2) is 0 Å². The average molecular weight is 216 g/mol. The van der Waals surface area contributed by atoms with Crippen molar-refractivity contribution in [1.82, 2.24) is 4.90 Å². The lowest BCUT2D eigenvalue weighted by atomic mass is 9.87. The summed E-state index contributed by atoms with van der Waals surface area (Å²) in [6, 6.07) is 7.45. The minimum Gasteiger partial charge on any atom is -0.371 e. The molecular weight excluding hydrogens is 196 g/mol. The SMILES string of the molecule is Cc1cccc2c1[C@H]1CN(C)CC[C@H]1N2C. The number of piperidine rings is 1. The Bertz CT molecular complexity index is 413. The van der Waals surface area contributed by atoms with Gasteiger partial charge in [-0.3, -0.25) is 0 Å². The molecule has 0 aromatic heterocycles. The van der Waals surface area contributed by atoms with Gasteiger partial charge in [-0.15, -0.1) is 0 Å². The first-order valence-corrected chi connectivity index (χ1v) is 6.19. The predicted molar refractivity (Wildman–Crippen MR) is 68.2 cm³/mol. The number of nitrogens with zero attached hydrogens (tertiary/aromatic N) is 2. The maximum absolute atomic E-state index is 2.50. The molecule has 2 aliphatic rings. The van der Waals surface area contributed by atoms with E-state index in [4.69, 9.17) is 0 Å². The minimum absolute atomic E-state index is 0.722. The summed E-state index contributed by atoms with van der Waals surface area (Å²) in [5.74, 6) is 0.722. The Kier molecular flexibility index (Phi) is 2.21. The molecule has 2 aliphatic heterocycles. The van der Waals surface area contributed by atoms with Gasteiger partial charge in [0.15, 0.2) is 0 Å². The molecule has 0 spiro atoms. The lowest BCUT2D eigenvalue weighted by molar-refractivity contribution is 0.233. The zero-order valence-electron chi connectivity index (χ0n) is 10.4. The first-order chi connectivity index (χ1) is 7.68. The lowest BCUT2D eigenvalue weighted by Crippen LogP contribution is -2.43. The number of hydrogen-bond donors (Lipinski definition) is 0. The van der Waals surface area contributed by atoms with Crippen LogP contribution in [-0.4, -0.2) is 38.1 Å². The van der Waals surface area contributed by atoms with Gasteiger partial charge in [-0.1, -0.05) is 12.1 Å². The number of hydrogen-bond acceptors (Lipinski definition) is 2. The maximum atomic E-state index is 2.50. The molecule has 0 radical (unpaired) electrons. The fraction of sp³-hybridized carbons (Fsp3) is 0.571. The van der Waals surface area contributed by atoms with Crippen molar-refractivity contribution >= 4 is 5.69 Å². The van der Waals surface area contributed by atoms with E-state index in [9.17, 15) is 0 Å². The molecule has 2 nitrogen and oxygen atoms in total. The third kappa shape index (κ3) is 1.29. The van der Waals surface area contributed by atoms with Gasteiger partial charge in [0.1, 0.15) is 0 Å². The highest BCUT2D eigenvalue weighted by Crippen LogP contribution is 2.44. The second-order valence-corrected chi connectivity index (χ2v) is 5.34. The first-order valence-electron chi connectivity index (χ1n) is 6.19. The van der Waals surface area contributed by atoms with Gasteiger partial charge >= 0.3 is 0 Å². The number of aryl methyl sites for hydroxylation is 1. The third-order valence-corrected chi connectivity index (χ3v) is 4.33. The topological polar surface area (TPSA) is 6.48 Å². The normalized spacial score (nSPS) is 29.1. The van der Waals surface area contributed by atoms with Crippen molar-refractivity contribution < 1.29 is 0 Å². The van der Waals surface area contributed by atoms with E-state index in [1.165, 1.54) is 30.8 Å². The van der Waals surface area contributed by atoms with E-state index < -0.39 is 0 Å². The Morgan fingerprint density at radius 3 is 2.88 bits per heavy atom. The van der Waals surface area contributed by atoms with Gasteiger partial charge in [0, 0.05) is 31.2 Å². The van der Waals surface area contributed by atoms with Crippen molar-refractivity contribution in [2.24, 2.45) is 0 Å². The molecule has 0 saturated carbocycles. The third-order valence-electron chi connectivity index (χ3n) is 4.33. The van der Waals surface area contributed by atoms with Crippen molar-refractivity contribution in [1.29, 1.82) is 0 Å². The summed E-state index contributed by atoms with van der Waals surface area (Å²) >= 11 is 0. The predicted octanol–water partition coefficient (Wildman–Crippen LogP) is 2.23. The molecule has 3 rings (SSSR count). The highest BCUT2D eigenvalue weighted by atomic mass is 15.2. The van der Waals surface area contributed by atoms with Crippen molar-refractivity contribution in [3.8, 4) is 0 Å². The number of benzene rings is 1. The molecule has 2 heterocycles. The minimum atomic E-state index is 0.722. The maximum Gasteiger partial charge on any atom is 0.0405 e. The zero-order valence-corrected chi connectivity index (χ0v) is 10.4. The molecule has 2 heteroatoms. The molecule has 1 aromatic rings. The lowest BCUT2D eigenvalue weighted by Gasteiger charge is -2.36. The Morgan fingerprint density at radius 2 is 2.06 bits per heavy atom. The summed E-state index contributed by atoms with van der Waals surface area (Å²) < 4.78 is 0. The van der Waals surface area contributed by atoms with Crippen LogP contribution in [0.5, 0.6) is 0 Å². The average Bonchev–Trinajstić information content (AvgIpc) is 2.54. The molecule has 0 N–H and O–H groups in total. The van der Waals surface area contributed by atoms with Gasteiger partial charge in [-0.05, 0) is 44.1 Å². The molecule has 16 heavy (non-hydrogen) atoms. The van der Waals surface area contributed by atoms with Crippen LogP contribution in [0, 0.1) is 6.92 Å². The van der Waals surface area contributed by atoms with E-state index in [1.54, 1.807) is 5.56 Å². The highest BCUT2D eigenvalue weighted by molar-refractivity contribution is 5.64. The molecule has 0 amide bonds. The van der Waals surface area contributed by atoms with Crippen LogP contribution in [0.2, 0.25) is 0 Å². The van der Waals surface area contributed by atoms with Crippen molar-refractivity contribution in [3.05, 3.63) is 29.3 Å². The smallest absolute Gasteiger partial charge is 0.0405 e. The summed E-state index contributed by atoms with van der Waals surface area (Å²) in [6.07, 6.45) is 1.30. The van der Waals surface area contributed by atoms with Crippen molar-refractivity contribution in [2.75, 3.05) is 32.1 Å². The largest absolute Gasteiger partial charge is 0.371 e. The van der Waals surface area contributed by atoms with Gasteiger partial charge in [0.05, 0.1) is 0 Å². The zero-order chi connectivity index (χ0) is 11.3. The van der Waals surface area contributed by atoms with Crippen LogP contribution in [-0.2, 0) is 0 Å². The van der Waals surface area contributed by atoms with E-state index in [-0.39, 0.29) is 0 Å². The molecular formula is C14H20N2. The van der Waals surface area contributed by atoms with E-state index in [0.29, 0.717) is 0 Å². The molecule has 1 aromatic carbocycles. The second kappa shape index (κ2) is 3.49. The summed E-state index contributed by atoms with van der Waals surface area (Å²) in [7, 11) is 4.50. The second-order valence-electron chi connectivity index (χ2n) is 5.34. The quantitative estimate of drug-likeness (QED) is 0.656. The van der Waals surface area contributed by atoms with E-state index in [0.717, 1.165) is 12.0 Å². The van der Waals surface area contributed by atoms with Crippen LogP contribution in [0.1, 0.15) is 23.5 Å². The summed E-state index contributed by atoms with van der Waals surface area (Å²) in [5.41, 5.74) is 4.53. The number of fused-ring (bicyclic) bond motifs is 3. The Balaban J connectivity index is 2.08. The Morgan fingerprint density at radius 1 is 1.25 bits per heavy atom. The Labute approximate surface area is 97.9 Å². The van der Waals surface area contributed by atoms with Crippen LogP contribution in [0.15, 0.2) is 18.2 Å². The molecule has 1 fully saturated rings. The molecule has 0 aliphatic carbocycles. The summed E-state index contributed by atoms with van der Waals surface area (Å²) in [5, 5.41) is 0. The number of likely N-dealkylation sites (N-methyl/N-ethyl adjacent to an activating group) is 2. The number of likely N-dealkylation sites (tertiary alicyclic amines) is 1. The monoisotopic (exact) mass is 216 g/mol. The fourth-order valence-electron chi connectivity index (χ4n) is 3.48. The van der Waals surface area contributed by atoms with Crippen LogP contribution in [0.25, 0.3) is 0 Å². The standard InChI is InChI=1S/C14H20N2/c1-10-5-4-6-13-14(10)11-9-15(2)8-7-12(11)16(13)3/h4-6,11-12H,7-9H2,1-3H3/t11-,12+/m0/s1. The first kappa shape index (κ1) is 10.2. The highest BCUT2D eigenvalue weighted by Gasteiger charge is 2.39. The van der Waals surface area contributed by atoms with Gasteiger partial charge < -0.3 is 9.80 Å². The summed E-state index contributed by atoms with van der Waals surface area (Å²) in [6.45, 7) is 4.70. The van der Waals surface area contributed by atoms with E-state index in [2.05, 4.69) is 49.0 Å². The molecule has 1 saturated heterocycles. The van der Waals surface area contributed by atoms with Crippen molar-refractivity contribution in [2.45, 2.75) is 25.3 Å². The molecule has 0 bridgehead atoms. The van der Waals surface area contributed by atoms with Crippen LogP contribution in [0.4, 0.5) is 5.69 Å². The summed E-state index contributed by atoms with van der Waals surface area (Å²) in [4.78, 5) is 4.97. The van der Waals surface area contributed by atoms with Crippen molar-refractivity contribution in [3.63, 3.8) is 0 Å². The van der Waals surface area contributed by atoms with E-state index in [1.807, 2.05) is 0 Å². The van der Waals surface area contributed by atoms with Gasteiger partial charge in [-0.2, -0.15) is 0 Å². The number of rotatable bonds is 0. The Hall–Kier alpha value is -1.02. The van der Waals surface area contributed by atoms with Gasteiger partial charge in [0.2, 0.25) is 0 Å². The molecule has 2 atom stereocenters. The van der Waals surface area contributed by atoms with Crippen LogP contribution in [0.3, 0.4) is 0 Å². The van der Waals surface area contributed by atoms with Crippen LogP contribution < -0.4 is 4.90 Å². The molecule has 0 unspecified atom stereocenters. The fourth-order valence-corrected chi connectivity index (χ4v) is 3.48. The van der Waals surface area contributed by atoms with Crippen LogP contribution >= 0.6 is 0 Å². The number of anilines is 1. The van der Waals surface area contributed by atoms with Gasteiger partial charge in [0.25, 0.3) is 0 Å².